The molecule has 0 spiro atoms. The Kier molecular flexibility index (Phi) is 9.01. The summed E-state index contributed by atoms with van der Waals surface area (Å²) in [5.74, 6) is 0. The van der Waals surface area contributed by atoms with E-state index in [1.807, 2.05) is 0 Å². The zero-order valence-electron chi connectivity index (χ0n) is 30.7. The minimum atomic E-state index is -0.0169. The standard InChI is InChI=1S/C48H54N/c1-7-9-14-33-47(3,4)49(38-22-12-11-13-23-38,48(5,6)34-15-10-8-2)39-30-27-35(28-31-39)40-32-29-37-21-17-25-42-41-24-16-19-36-20-18-26-43(44(36)41)46(40)45(37)42/h11-13,16-32H,7-10,14-15,33-34H2,1-6H3/q+1. The van der Waals surface area contributed by atoms with Gasteiger partial charge >= 0.3 is 0 Å². The number of unbranched alkanes of at least 4 members (excludes halogenated alkanes) is 4. The molecule has 0 aliphatic heterocycles. The maximum absolute atomic E-state index is 2.54. The molecule has 7 rings (SSSR count). The van der Waals surface area contributed by atoms with E-state index in [2.05, 4.69) is 163 Å². The van der Waals surface area contributed by atoms with Crippen LogP contribution in [-0.4, -0.2) is 11.1 Å². The van der Waals surface area contributed by atoms with Gasteiger partial charge < -0.3 is 0 Å². The maximum Gasteiger partial charge on any atom is 0.138 e. The summed E-state index contributed by atoms with van der Waals surface area (Å²) in [5.41, 5.74) is 5.35. The molecule has 0 amide bonds. The lowest BCUT2D eigenvalue weighted by atomic mass is 9.79. The van der Waals surface area contributed by atoms with Crippen LogP contribution in [-0.2, 0) is 0 Å². The average molecular weight is 645 g/mol. The summed E-state index contributed by atoms with van der Waals surface area (Å²) in [6.45, 7) is 14.8. The van der Waals surface area contributed by atoms with Crippen LogP contribution >= 0.6 is 0 Å². The third-order valence-corrected chi connectivity index (χ3v) is 11.8. The fourth-order valence-corrected chi connectivity index (χ4v) is 9.73. The normalized spacial score (nSPS) is 12.9. The number of fused-ring (bicyclic) bond motifs is 2. The van der Waals surface area contributed by atoms with Gasteiger partial charge in [-0.15, -0.1) is 0 Å². The van der Waals surface area contributed by atoms with Crippen molar-refractivity contribution >= 4 is 54.5 Å². The van der Waals surface area contributed by atoms with Gasteiger partial charge in [0.15, 0.2) is 0 Å². The highest BCUT2D eigenvalue weighted by Crippen LogP contribution is 2.53. The second kappa shape index (κ2) is 13.3. The number of nitrogens with zero attached hydrogens (tertiary/aromatic N) is 1. The molecule has 0 bridgehead atoms. The molecule has 7 aromatic carbocycles. The van der Waals surface area contributed by atoms with Crippen molar-refractivity contribution in [3.05, 3.63) is 121 Å². The fourth-order valence-electron chi connectivity index (χ4n) is 9.73. The van der Waals surface area contributed by atoms with Gasteiger partial charge in [-0.3, -0.25) is 4.48 Å². The predicted molar refractivity (Wildman–Crippen MR) is 217 cm³/mol. The van der Waals surface area contributed by atoms with Crippen molar-refractivity contribution in [2.45, 2.75) is 104 Å². The second-order valence-electron chi connectivity index (χ2n) is 15.7. The first kappa shape index (κ1) is 33.3. The molecule has 0 atom stereocenters. The van der Waals surface area contributed by atoms with Crippen molar-refractivity contribution in [3.63, 3.8) is 0 Å². The van der Waals surface area contributed by atoms with Crippen molar-refractivity contribution in [3.8, 4) is 11.1 Å². The van der Waals surface area contributed by atoms with Crippen molar-refractivity contribution in [2.24, 2.45) is 0 Å². The van der Waals surface area contributed by atoms with E-state index in [1.165, 1.54) is 117 Å². The largest absolute Gasteiger partial charge is 0.250 e. The zero-order valence-corrected chi connectivity index (χ0v) is 30.7. The Balaban J connectivity index is 1.46. The Bertz CT molecular complexity index is 2160. The minimum Gasteiger partial charge on any atom is -0.250 e. The molecule has 1 heteroatoms. The number of rotatable bonds is 13. The van der Waals surface area contributed by atoms with E-state index in [9.17, 15) is 0 Å². The van der Waals surface area contributed by atoms with E-state index in [-0.39, 0.29) is 11.1 Å². The molecule has 0 heterocycles. The van der Waals surface area contributed by atoms with Gasteiger partial charge in [0, 0.05) is 25.0 Å². The van der Waals surface area contributed by atoms with Crippen molar-refractivity contribution < 1.29 is 0 Å². The summed E-state index contributed by atoms with van der Waals surface area (Å²) < 4.78 is 0.843. The van der Waals surface area contributed by atoms with E-state index >= 15 is 0 Å². The molecule has 49 heavy (non-hydrogen) atoms. The molecule has 0 aliphatic carbocycles. The average Bonchev–Trinajstić information content (AvgIpc) is 3.11. The molecule has 0 saturated heterocycles. The summed E-state index contributed by atoms with van der Waals surface area (Å²) in [7, 11) is 0. The SMILES string of the molecule is CCCCCC(C)(C)[N+](c1ccccc1)(c1ccc(-c2ccc3cccc4c5cccc6cccc(c2c34)c65)cc1)C(C)(C)CCCCC. The van der Waals surface area contributed by atoms with Crippen molar-refractivity contribution in [1.29, 1.82) is 0 Å². The first-order valence-corrected chi connectivity index (χ1v) is 18.9. The highest BCUT2D eigenvalue weighted by atomic mass is 15.5. The Morgan fingerprint density at radius 1 is 0.429 bits per heavy atom. The van der Waals surface area contributed by atoms with Crippen LogP contribution < -0.4 is 4.48 Å². The van der Waals surface area contributed by atoms with Crippen molar-refractivity contribution in [1.82, 2.24) is 4.48 Å². The Hall–Kier alpha value is -4.20. The zero-order chi connectivity index (χ0) is 34.2. The number of para-hydroxylation sites is 1. The van der Waals surface area contributed by atoms with Crippen molar-refractivity contribution in [2.75, 3.05) is 0 Å². The Morgan fingerprint density at radius 2 is 0.939 bits per heavy atom. The molecule has 0 aliphatic rings. The molecule has 0 saturated carbocycles. The molecule has 0 N–H and O–H groups in total. The minimum absolute atomic E-state index is 0.0169. The topological polar surface area (TPSA) is 0 Å². The Labute approximate surface area is 294 Å². The van der Waals surface area contributed by atoms with E-state index in [0.29, 0.717) is 0 Å². The second-order valence-corrected chi connectivity index (χ2v) is 15.7. The monoisotopic (exact) mass is 644 g/mol. The summed E-state index contributed by atoms with van der Waals surface area (Å²) in [6.07, 6.45) is 9.87. The van der Waals surface area contributed by atoms with Gasteiger partial charge in [-0.05, 0) is 119 Å². The van der Waals surface area contributed by atoms with Crippen LogP contribution in [0.4, 0.5) is 11.4 Å². The number of quaternary nitrogens is 1. The van der Waals surface area contributed by atoms with E-state index < -0.39 is 0 Å². The van der Waals surface area contributed by atoms with Crippen LogP contribution in [0, 0.1) is 0 Å². The summed E-state index contributed by atoms with van der Waals surface area (Å²) in [4.78, 5) is 0. The third kappa shape index (κ3) is 5.42. The van der Waals surface area contributed by atoms with Crippen LogP contribution in [0.3, 0.4) is 0 Å². The van der Waals surface area contributed by atoms with Gasteiger partial charge in [-0.1, -0.05) is 124 Å². The number of hydrogen-bond donors (Lipinski definition) is 0. The fraction of sp³-hybridized carbons (Fsp3) is 0.333. The lowest BCUT2D eigenvalue weighted by Gasteiger charge is -2.58. The lowest BCUT2D eigenvalue weighted by molar-refractivity contribution is 0.0661. The smallest absolute Gasteiger partial charge is 0.138 e. The highest BCUT2D eigenvalue weighted by Gasteiger charge is 2.56. The summed E-state index contributed by atoms with van der Waals surface area (Å²) in [6, 6.07) is 46.4. The van der Waals surface area contributed by atoms with Crippen LogP contribution in [0.15, 0.2) is 121 Å². The van der Waals surface area contributed by atoms with Gasteiger partial charge in [0.2, 0.25) is 0 Å². The third-order valence-electron chi connectivity index (χ3n) is 11.8. The number of benzene rings is 7. The lowest BCUT2D eigenvalue weighted by Crippen LogP contribution is -2.69. The summed E-state index contributed by atoms with van der Waals surface area (Å²) >= 11 is 0. The van der Waals surface area contributed by atoms with E-state index in [1.54, 1.807) is 0 Å². The predicted octanol–water partition coefficient (Wildman–Crippen LogP) is 14.8. The molecule has 0 aromatic heterocycles. The van der Waals surface area contributed by atoms with Crippen LogP contribution in [0.25, 0.3) is 54.2 Å². The first-order valence-electron chi connectivity index (χ1n) is 18.9. The van der Waals surface area contributed by atoms with Crippen LogP contribution in [0.1, 0.15) is 92.9 Å². The van der Waals surface area contributed by atoms with Gasteiger partial charge in [-0.25, -0.2) is 0 Å². The van der Waals surface area contributed by atoms with Gasteiger partial charge in [-0.2, -0.15) is 0 Å². The molecule has 0 unspecified atom stereocenters. The molecule has 0 radical (unpaired) electrons. The van der Waals surface area contributed by atoms with E-state index in [4.69, 9.17) is 0 Å². The highest BCUT2D eigenvalue weighted by molar-refractivity contribution is 6.35. The van der Waals surface area contributed by atoms with Crippen LogP contribution in [0.2, 0.25) is 0 Å². The van der Waals surface area contributed by atoms with E-state index in [0.717, 1.165) is 4.48 Å². The van der Waals surface area contributed by atoms with Gasteiger partial charge in [0.1, 0.15) is 22.5 Å². The van der Waals surface area contributed by atoms with Crippen LogP contribution in [0.5, 0.6) is 0 Å². The maximum atomic E-state index is 2.54. The molecule has 1 nitrogen and oxygen atoms in total. The summed E-state index contributed by atoms with van der Waals surface area (Å²) in [5, 5.41) is 10.8. The van der Waals surface area contributed by atoms with Gasteiger partial charge in [0.25, 0.3) is 0 Å². The molecular formula is C48H54N+. The molecule has 7 aromatic rings. The quantitative estimate of drug-likeness (QED) is 0.0507. The molecular weight excluding hydrogens is 591 g/mol. The Morgan fingerprint density at radius 3 is 1.51 bits per heavy atom. The van der Waals surface area contributed by atoms with Gasteiger partial charge in [0.05, 0.1) is 0 Å². The first-order chi connectivity index (χ1) is 23.7. The number of hydrogen-bond acceptors (Lipinski definition) is 0. The molecule has 0 fully saturated rings. The molecule has 250 valence electrons.